The molecule has 3 heteroatoms. The predicted molar refractivity (Wildman–Crippen MR) is 63.3 cm³/mol. The molecule has 2 nitrogen and oxygen atoms in total. The summed E-state index contributed by atoms with van der Waals surface area (Å²) in [6.45, 7) is 5.79. The molecule has 1 N–H and O–H groups in total. The summed E-state index contributed by atoms with van der Waals surface area (Å²) < 4.78 is 0. The van der Waals surface area contributed by atoms with E-state index in [-0.39, 0.29) is 6.42 Å². The van der Waals surface area contributed by atoms with E-state index in [0.29, 0.717) is 5.25 Å². The monoisotopic (exact) mass is 222 g/mol. The summed E-state index contributed by atoms with van der Waals surface area (Å²) in [5.41, 5.74) is 0.832. The summed E-state index contributed by atoms with van der Waals surface area (Å²) in [6.07, 6.45) is 1.97. The minimum atomic E-state index is -0.796. The van der Waals surface area contributed by atoms with E-state index >= 15 is 0 Å². The number of hydrogen-bond donors (Lipinski definition) is 1. The van der Waals surface area contributed by atoms with Crippen LogP contribution in [-0.4, -0.2) is 16.3 Å². The molecule has 1 rings (SSSR count). The third kappa shape index (κ3) is 4.21. The fourth-order valence-electron chi connectivity index (χ4n) is 1.12. The van der Waals surface area contributed by atoms with Crippen molar-refractivity contribution < 1.29 is 9.90 Å². The molecule has 1 aromatic carbocycles. The second-order valence-corrected chi connectivity index (χ2v) is 4.72. The Balaban J connectivity index is 2.63. The zero-order chi connectivity index (χ0) is 11.3. The smallest absolute Gasteiger partial charge is 0.307 e. The number of carboxylic acid groups (broad SMARTS) is 1. The van der Waals surface area contributed by atoms with Crippen molar-refractivity contribution in [3.8, 4) is 0 Å². The Morgan fingerprint density at radius 3 is 2.60 bits per heavy atom. The Morgan fingerprint density at radius 2 is 2.13 bits per heavy atom. The predicted octanol–water partition coefficient (Wildman–Crippen LogP) is 2.98. The molecule has 0 spiro atoms. The molecule has 0 aliphatic rings. The van der Waals surface area contributed by atoms with Crippen LogP contribution in [-0.2, 0) is 11.2 Å². The Morgan fingerprint density at radius 1 is 1.53 bits per heavy atom. The summed E-state index contributed by atoms with van der Waals surface area (Å²) >= 11 is 1.71. The van der Waals surface area contributed by atoms with Crippen molar-refractivity contribution in [3.63, 3.8) is 0 Å². The lowest BCUT2D eigenvalue weighted by Gasteiger charge is -2.05. The first-order chi connectivity index (χ1) is 7.11. The number of rotatable bonds is 5. The lowest BCUT2D eigenvalue weighted by atomic mass is 10.2. The summed E-state index contributed by atoms with van der Waals surface area (Å²) in [5, 5.41) is 8.97. The first kappa shape index (κ1) is 11.9. The van der Waals surface area contributed by atoms with E-state index in [4.69, 9.17) is 5.11 Å². The van der Waals surface area contributed by atoms with Gasteiger partial charge < -0.3 is 5.11 Å². The lowest BCUT2D eigenvalue weighted by Crippen LogP contribution is -1.99. The van der Waals surface area contributed by atoms with Crippen LogP contribution in [0.5, 0.6) is 0 Å². The molecule has 0 aromatic heterocycles. The van der Waals surface area contributed by atoms with Gasteiger partial charge in [-0.05, 0) is 24.6 Å². The van der Waals surface area contributed by atoms with Crippen LogP contribution in [0.3, 0.4) is 0 Å². The second kappa shape index (κ2) is 5.61. The highest BCUT2D eigenvalue weighted by molar-refractivity contribution is 8.00. The Hall–Kier alpha value is -1.22. The van der Waals surface area contributed by atoms with E-state index in [1.807, 2.05) is 30.3 Å². The van der Waals surface area contributed by atoms with Gasteiger partial charge in [-0.3, -0.25) is 4.79 Å². The summed E-state index contributed by atoms with van der Waals surface area (Å²) in [6, 6.07) is 7.60. The van der Waals surface area contributed by atoms with Gasteiger partial charge in [0.05, 0.1) is 6.42 Å². The maximum atomic E-state index is 10.5. The molecule has 80 valence electrons. The number of hydrogen-bond acceptors (Lipinski definition) is 2. The van der Waals surface area contributed by atoms with Crippen molar-refractivity contribution >= 4 is 17.7 Å². The van der Waals surface area contributed by atoms with Gasteiger partial charge in [-0.1, -0.05) is 18.2 Å². The van der Waals surface area contributed by atoms with Crippen LogP contribution in [0, 0.1) is 0 Å². The first-order valence-corrected chi connectivity index (χ1v) is 5.59. The Bertz CT molecular complexity index is 343. The third-order valence-electron chi connectivity index (χ3n) is 1.93. The van der Waals surface area contributed by atoms with Crippen molar-refractivity contribution in [1.29, 1.82) is 0 Å². The normalized spacial score (nSPS) is 12.1. The van der Waals surface area contributed by atoms with Gasteiger partial charge in [0.1, 0.15) is 0 Å². The molecule has 0 aliphatic carbocycles. The highest BCUT2D eigenvalue weighted by Crippen LogP contribution is 2.23. The van der Waals surface area contributed by atoms with Crippen LogP contribution in [0.25, 0.3) is 0 Å². The first-order valence-electron chi connectivity index (χ1n) is 4.71. The molecule has 0 amide bonds. The van der Waals surface area contributed by atoms with Crippen LogP contribution < -0.4 is 0 Å². The number of carboxylic acids is 1. The fourth-order valence-corrected chi connectivity index (χ4v) is 1.94. The number of carbonyl (C=O) groups is 1. The molecule has 1 aromatic rings. The van der Waals surface area contributed by atoms with Gasteiger partial charge in [-0.2, -0.15) is 0 Å². The van der Waals surface area contributed by atoms with Gasteiger partial charge >= 0.3 is 5.97 Å². The van der Waals surface area contributed by atoms with Crippen LogP contribution in [0.15, 0.2) is 41.8 Å². The van der Waals surface area contributed by atoms with Gasteiger partial charge in [0.25, 0.3) is 0 Å². The fraction of sp³-hybridized carbons (Fsp3) is 0.250. The maximum Gasteiger partial charge on any atom is 0.307 e. The summed E-state index contributed by atoms with van der Waals surface area (Å²) in [5.74, 6) is -0.796. The van der Waals surface area contributed by atoms with E-state index < -0.39 is 5.97 Å². The van der Waals surface area contributed by atoms with Gasteiger partial charge in [0, 0.05) is 10.1 Å². The summed E-state index contributed by atoms with van der Waals surface area (Å²) in [4.78, 5) is 11.6. The molecule has 0 fully saturated rings. The molecule has 0 radical (unpaired) electrons. The topological polar surface area (TPSA) is 37.3 Å². The number of benzene rings is 1. The lowest BCUT2D eigenvalue weighted by molar-refractivity contribution is -0.136. The standard InChI is InChI=1S/C12H14O2S/c1-3-9(2)15-11-6-4-10(5-7-11)8-12(13)14/h3-7,9H,1,8H2,2H3,(H,13,14). The summed E-state index contributed by atoms with van der Waals surface area (Å²) in [7, 11) is 0. The SMILES string of the molecule is C=CC(C)Sc1ccc(CC(=O)O)cc1. The molecule has 0 saturated heterocycles. The van der Waals surface area contributed by atoms with Crippen LogP contribution >= 0.6 is 11.8 Å². The van der Waals surface area contributed by atoms with Gasteiger partial charge in [-0.15, -0.1) is 18.3 Å². The zero-order valence-electron chi connectivity index (χ0n) is 8.64. The van der Waals surface area contributed by atoms with Gasteiger partial charge in [-0.25, -0.2) is 0 Å². The average molecular weight is 222 g/mol. The Kier molecular flexibility index (Phi) is 4.43. The van der Waals surface area contributed by atoms with E-state index in [9.17, 15) is 4.79 Å². The molecular weight excluding hydrogens is 208 g/mol. The van der Waals surface area contributed by atoms with E-state index in [0.717, 1.165) is 10.5 Å². The van der Waals surface area contributed by atoms with Gasteiger partial charge in [0.2, 0.25) is 0 Å². The molecular formula is C12H14O2S. The zero-order valence-corrected chi connectivity index (χ0v) is 9.46. The van der Waals surface area contributed by atoms with E-state index in [1.165, 1.54) is 0 Å². The van der Waals surface area contributed by atoms with Crippen molar-refractivity contribution in [2.75, 3.05) is 0 Å². The maximum absolute atomic E-state index is 10.5. The van der Waals surface area contributed by atoms with Crippen LogP contribution in [0.2, 0.25) is 0 Å². The van der Waals surface area contributed by atoms with E-state index in [2.05, 4.69) is 13.5 Å². The molecule has 0 bridgehead atoms. The molecule has 1 atom stereocenters. The minimum absolute atomic E-state index is 0.0853. The van der Waals surface area contributed by atoms with Crippen molar-refractivity contribution in [1.82, 2.24) is 0 Å². The largest absolute Gasteiger partial charge is 0.481 e. The van der Waals surface area contributed by atoms with Crippen molar-refractivity contribution in [2.45, 2.75) is 23.5 Å². The highest BCUT2D eigenvalue weighted by atomic mass is 32.2. The average Bonchev–Trinajstić information content (AvgIpc) is 2.20. The molecule has 1 unspecified atom stereocenters. The van der Waals surface area contributed by atoms with Crippen LogP contribution in [0.1, 0.15) is 12.5 Å². The van der Waals surface area contributed by atoms with E-state index in [1.54, 1.807) is 11.8 Å². The molecule has 0 aliphatic heterocycles. The Labute approximate surface area is 94.0 Å². The molecule has 15 heavy (non-hydrogen) atoms. The number of thioether (sulfide) groups is 1. The quantitative estimate of drug-likeness (QED) is 0.614. The highest BCUT2D eigenvalue weighted by Gasteiger charge is 2.02. The minimum Gasteiger partial charge on any atom is -0.481 e. The van der Waals surface area contributed by atoms with Gasteiger partial charge in [0.15, 0.2) is 0 Å². The van der Waals surface area contributed by atoms with Crippen molar-refractivity contribution in [2.24, 2.45) is 0 Å². The number of aliphatic carboxylic acids is 1. The van der Waals surface area contributed by atoms with Crippen molar-refractivity contribution in [3.05, 3.63) is 42.5 Å². The molecule has 0 saturated carbocycles. The molecule has 0 heterocycles. The third-order valence-corrected chi connectivity index (χ3v) is 3.04. The second-order valence-electron chi connectivity index (χ2n) is 3.27. The van der Waals surface area contributed by atoms with Crippen LogP contribution in [0.4, 0.5) is 0 Å².